The summed E-state index contributed by atoms with van der Waals surface area (Å²) in [6.07, 6.45) is 4.79. The number of aryl methyl sites for hydroxylation is 2. The Kier molecular flexibility index (Phi) is 6.79. The molecule has 1 aromatic carbocycles. The van der Waals surface area contributed by atoms with Gasteiger partial charge in [-0.25, -0.2) is 0 Å². The van der Waals surface area contributed by atoms with Crippen LogP contribution in [0.5, 0.6) is 0 Å². The van der Waals surface area contributed by atoms with Gasteiger partial charge in [0.15, 0.2) is 0 Å². The molecule has 9 heteroatoms. The van der Waals surface area contributed by atoms with Crippen molar-refractivity contribution in [2.24, 2.45) is 7.05 Å². The third-order valence-electron chi connectivity index (χ3n) is 4.62. The topological polar surface area (TPSA) is 81.0 Å². The molecule has 7 nitrogen and oxygen atoms in total. The van der Waals surface area contributed by atoms with E-state index in [4.69, 9.17) is 11.6 Å². The smallest absolute Gasteiger partial charge is 0.286 e. The van der Waals surface area contributed by atoms with E-state index in [9.17, 15) is 9.59 Å². The maximum atomic E-state index is 12.2. The van der Waals surface area contributed by atoms with E-state index in [2.05, 4.69) is 31.9 Å². The molecule has 0 spiro atoms. The molecule has 3 aromatic rings. The summed E-state index contributed by atoms with van der Waals surface area (Å²) in [6.45, 7) is 4.35. The Balaban J connectivity index is 1.65. The molecule has 0 saturated carbocycles. The van der Waals surface area contributed by atoms with Crippen molar-refractivity contribution >= 4 is 45.4 Å². The van der Waals surface area contributed by atoms with Gasteiger partial charge in [0.1, 0.15) is 5.69 Å². The van der Waals surface area contributed by atoms with Gasteiger partial charge >= 0.3 is 0 Å². The predicted octanol–water partition coefficient (Wildman–Crippen LogP) is 3.78. The number of hydrogen-bond donors (Lipinski definition) is 2. The number of benzene rings is 1. The molecule has 30 heavy (non-hydrogen) atoms. The van der Waals surface area contributed by atoms with Crippen molar-refractivity contribution in [2.45, 2.75) is 20.4 Å². The van der Waals surface area contributed by atoms with Crippen LogP contribution in [0.25, 0.3) is 6.08 Å². The average Bonchev–Trinajstić information content (AvgIpc) is 3.17. The Labute approximate surface area is 187 Å². The number of nitrogens with one attached hydrogen (secondary N) is 2. The van der Waals surface area contributed by atoms with Gasteiger partial charge in [-0.2, -0.15) is 5.10 Å². The maximum Gasteiger partial charge on any atom is 0.286 e. The molecule has 0 unspecified atom stereocenters. The van der Waals surface area contributed by atoms with Crippen LogP contribution >= 0.6 is 27.5 Å². The largest absolute Gasteiger partial charge is 0.345 e. The number of carbonyl (C=O) groups is 2. The van der Waals surface area contributed by atoms with E-state index < -0.39 is 11.8 Å². The van der Waals surface area contributed by atoms with Crippen molar-refractivity contribution in [3.05, 3.63) is 80.3 Å². The highest BCUT2D eigenvalue weighted by Crippen LogP contribution is 2.20. The second kappa shape index (κ2) is 9.32. The first-order chi connectivity index (χ1) is 14.3. The molecule has 0 saturated heterocycles. The number of aromatic nitrogens is 3. The SMILES string of the molecule is Cc1nn(Cc2ccccc2Cl)c(C)c1/C=C/C(=O)NNC(=O)c1cc(Br)cn1C. The molecule has 3 rings (SSSR count). The van der Waals surface area contributed by atoms with Gasteiger partial charge in [-0.3, -0.25) is 25.1 Å². The minimum absolute atomic E-state index is 0.412. The van der Waals surface area contributed by atoms with Crippen LogP contribution in [0, 0.1) is 13.8 Å². The van der Waals surface area contributed by atoms with E-state index in [-0.39, 0.29) is 0 Å². The molecular formula is C21H21BrClN5O2. The molecule has 0 fully saturated rings. The minimum atomic E-state index is -0.450. The normalized spacial score (nSPS) is 11.1. The van der Waals surface area contributed by atoms with Gasteiger partial charge in [0.25, 0.3) is 11.8 Å². The first-order valence-electron chi connectivity index (χ1n) is 9.14. The minimum Gasteiger partial charge on any atom is -0.345 e. The number of hydrazine groups is 1. The lowest BCUT2D eigenvalue weighted by molar-refractivity contribution is -0.117. The molecule has 0 aliphatic carbocycles. The summed E-state index contributed by atoms with van der Waals surface area (Å²) in [6, 6.07) is 9.28. The molecule has 2 amide bonds. The lowest BCUT2D eigenvalue weighted by Gasteiger charge is -2.07. The lowest BCUT2D eigenvalue weighted by atomic mass is 10.1. The average molecular weight is 491 g/mol. The third-order valence-corrected chi connectivity index (χ3v) is 5.42. The Morgan fingerprint density at radius 3 is 2.63 bits per heavy atom. The van der Waals surface area contributed by atoms with E-state index in [0.29, 0.717) is 17.3 Å². The van der Waals surface area contributed by atoms with Gasteiger partial charge in [0.05, 0.1) is 12.2 Å². The number of carbonyl (C=O) groups excluding carboxylic acids is 2. The van der Waals surface area contributed by atoms with Gasteiger partial charge in [0, 0.05) is 40.1 Å². The molecule has 0 atom stereocenters. The summed E-state index contributed by atoms with van der Waals surface area (Å²) in [7, 11) is 1.74. The molecule has 0 aliphatic rings. The van der Waals surface area contributed by atoms with E-state index in [0.717, 1.165) is 27.0 Å². The Bertz CT molecular complexity index is 1130. The molecule has 2 heterocycles. The number of hydrogen-bond acceptors (Lipinski definition) is 3. The first-order valence-corrected chi connectivity index (χ1v) is 10.3. The Morgan fingerprint density at radius 2 is 1.97 bits per heavy atom. The van der Waals surface area contributed by atoms with Crippen LogP contribution in [-0.2, 0) is 18.4 Å². The van der Waals surface area contributed by atoms with Gasteiger partial charge < -0.3 is 4.57 Å². The molecule has 0 radical (unpaired) electrons. The van der Waals surface area contributed by atoms with Crippen molar-refractivity contribution < 1.29 is 9.59 Å². The molecule has 2 aromatic heterocycles. The molecule has 156 valence electrons. The fraction of sp³-hybridized carbons (Fsp3) is 0.190. The van der Waals surface area contributed by atoms with E-state index in [1.807, 2.05) is 42.8 Å². The summed E-state index contributed by atoms with van der Waals surface area (Å²) >= 11 is 9.55. The molecular weight excluding hydrogens is 470 g/mol. The molecule has 0 aliphatic heterocycles. The predicted molar refractivity (Wildman–Crippen MR) is 120 cm³/mol. The second-order valence-corrected chi connectivity index (χ2v) is 8.09. The van der Waals surface area contributed by atoms with Crippen molar-refractivity contribution in [1.29, 1.82) is 0 Å². The van der Waals surface area contributed by atoms with Crippen LogP contribution in [0.2, 0.25) is 5.02 Å². The highest BCUT2D eigenvalue weighted by atomic mass is 79.9. The number of amides is 2. The molecule has 2 N–H and O–H groups in total. The van der Waals surface area contributed by atoms with Gasteiger partial charge in [-0.05, 0) is 53.5 Å². The highest BCUT2D eigenvalue weighted by Gasteiger charge is 2.13. The van der Waals surface area contributed by atoms with Gasteiger partial charge in [-0.15, -0.1) is 0 Å². The van der Waals surface area contributed by atoms with Crippen molar-refractivity contribution in [3.8, 4) is 0 Å². The van der Waals surface area contributed by atoms with Crippen LogP contribution < -0.4 is 10.9 Å². The quantitative estimate of drug-likeness (QED) is 0.422. The number of rotatable bonds is 5. The Morgan fingerprint density at radius 1 is 1.23 bits per heavy atom. The summed E-state index contributed by atoms with van der Waals surface area (Å²) in [4.78, 5) is 24.3. The van der Waals surface area contributed by atoms with Crippen LogP contribution in [-0.4, -0.2) is 26.2 Å². The summed E-state index contributed by atoms with van der Waals surface area (Å²) in [5.41, 5.74) is 8.71. The van der Waals surface area contributed by atoms with E-state index in [1.165, 1.54) is 6.08 Å². The second-order valence-electron chi connectivity index (χ2n) is 6.76. The fourth-order valence-electron chi connectivity index (χ4n) is 3.03. The zero-order chi connectivity index (χ0) is 21.8. The third kappa shape index (κ3) is 5.01. The van der Waals surface area contributed by atoms with Crippen LogP contribution in [0.15, 0.2) is 47.1 Å². The zero-order valence-corrected chi connectivity index (χ0v) is 19.1. The fourth-order valence-corrected chi connectivity index (χ4v) is 3.75. The standard InChI is InChI=1S/C21H21BrClN5O2/c1-13-17(14(2)28(26-13)11-15-6-4-5-7-18(15)23)8-9-20(29)24-25-21(30)19-10-16(22)12-27(19)3/h4-10,12H,11H2,1-3H3,(H,24,29)(H,25,30)/b9-8+. The van der Waals surface area contributed by atoms with Gasteiger partial charge in [0.2, 0.25) is 0 Å². The van der Waals surface area contributed by atoms with Crippen molar-refractivity contribution in [2.75, 3.05) is 0 Å². The maximum absolute atomic E-state index is 12.2. The van der Waals surface area contributed by atoms with Crippen LogP contribution in [0.3, 0.4) is 0 Å². The monoisotopic (exact) mass is 489 g/mol. The lowest BCUT2D eigenvalue weighted by Crippen LogP contribution is -2.41. The van der Waals surface area contributed by atoms with Gasteiger partial charge in [-0.1, -0.05) is 29.8 Å². The van der Waals surface area contributed by atoms with Crippen molar-refractivity contribution in [3.63, 3.8) is 0 Å². The number of halogens is 2. The van der Waals surface area contributed by atoms with Crippen LogP contribution in [0.4, 0.5) is 0 Å². The van der Waals surface area contributed by atoms with Crippen LogP contribution in [0.1, 0.15) is 33.0 Å². The summed E-state index contributed by atoms with van der Waals surface area (Å²) < 4.78 is 4.28. The first kappa shape index (κ1) is 21.9. The zero-order valence-electron chi connectivity index (χ0n) is 16.7. The van der Waals surface area contributed by atoms with Crippen molar-refractivity contribution in [1.82, 2.24) is 25.2 Å². The molecule has 0 bridgehead atoms. The highest BCUT2D eigenvalue weighted by molar-refractivity contribution is 9.10. The van der Waals surface area contributed by atoms with E-state index in [1.54, 1.807) is 30.0 Å². The summed E-state index contributed by atoms with van der Waals surface area (Å²) in [5, 5.41) is 5.23. The van der Waals surface area contributed by atoms with E-state index >= 15 is 0 Å². The Hall–Kier alpha value is -2.84. The number of nitrogens with zero attached hydrogens (tertiary/aromatic N) is 3. The summed E-state index contributed by atoms with van der Waals surface area (Å²) in [5.74, 6) is -0.862.